The van der Waals surface area contributed by atoms with Crippen molar-refractivity contribution in [2.45, 2.75) is 63.3 Å². The molecule has 4 nitrogen and oxygen atoms in total. The Hall–Kier alpha value is -2.29. The van der Waals surface area contributed by atoms with E-state index < -0.39 is 29.7 Å². The van der Waals surface area contributed by atoms with Crippen LogP contribution in [0.15, 0.2) is 54.6 Å². The van der Waals surface area contributed by atoms with Gasteiger partial charge in [0.25, 0.3) is 0 Å². The van der Waals surface area contributed by atoms with Gasteiger partial charge < -0.3 is 10.4 Å². The van der Waals surface area contributed by atoms with Crippen LogP contribution in [0.5, 0.6) is 0 Å². The number of alkyl halides is 4. The molecular formula is C25H30F4N2O2. The molecule has 0 aromatic heterocycles. The molecule has 2 aromatic carbocycles. The maximum absolute atomic E-state index is 15.2. The highest BCUT2D eigenvalue weighted by Gasteiger charge is 2.39. The van der Waals surface area contributed by atoms with Crippen molar-refractivity contribution in [3.8, 4) is 0 Å². The van der Waals surface area contributed by atoms with Gasteiger partial charge >= 0.3 is 6.18 Å². The van der Waals surface area contributed by atoms with E-state index in [-0.39, 0.29) is 49.7 Å². The first kappa shape index (κ1) is 25.3. The van der Waals surface area contributed by atoms with Crippen molar-refractivity contribution in [3.05, 3.63) is 71.3 Å². The molecule has 1 aliphatic rings. The largest absolute Gasteiger partial charge is 0.416 e. The first-order valence-electron chi connectivity index (χ1n) is 11.1. The van der Waals surface area contributed by atoms with Crippen LogP contribution in [0.25, 0.3) is 0 Å². The van der Waals surface area contributed by atoms with Crippen LogP contribution < -0.4 is 5.32 Å². The molecule has 180 valence electrons. The van der Waals surface area contributed by atoms with Gasteiger partial charge in [0.15, 0.2) is 12.1 Å². The molecular weight excluding hydrogens is 436 g/mol. The first-order valence-corrected chi connectivity index (χ1v) is 11.1. The number of nitrogens with one attached hydrogen (secondary N) is 1. The quantitative estimate of drug-likeness (QED) is 0.329. The predicted molar refractivity (Wildman–Crippen MR) is 118 cm³/mol. The summed E-state index contributed by atoms with van der Waals surface area (Å²) in [6.45, 7) is 4.10. The molecule has 2 N–H and O–H groups in total. The van der Waals surface area contributed by atoms with E-state index in [9.17, 15) is 23.1 Å². The van der Waals surface area contributed by atoms with Gasteiger partial charge in [-0.05, 0) is 30.5 Å². The summed E-state index contributed by atoms with van der Waals surface area (Å²) in [5, 5.41) is 14.1. The molecule has 1 heterocycles. The van der Waals surface area contributed by atoms with Gasteiger partial charge in [0.2, 0.25) is 0 Å². The number of nitrogens with zero attached hydrogens (tertiary/aromatic N) is 1. The summed E-state index contributed by atoms with van der Waals surface area (Å²) in [6.07, 6.45) is -5.79. The summed E-state index contributed by atoms with van der Waals surface area (Å²) in [6, 6.07) is 12.6. The summed E-state index contributed by atoms with van der Waals surface area (Å²) >= 11 is 0. The summed E-state index contributed by atoms with van der Waals surface area (Å²) in [5.41, 5.74) is -1.58. The minimum Gasteiger partial charge on any atom is -0.385 e. The van der Waals surface area contributed by atoms with Crippen molar-refractivity contribution in [2.24, 2.45) is 0 Å². The van der Waals surface area contributed by atoms with Crippen molar-refractivity contribution in [3.63, 3.8) is 0 Å². The van der Waals surface area contributed by atoms with Crippen LogP contribution >= 0.6 is 0 Å². The fraction of sp³-hybridized carbons (Fsp3) is 0.480. The lowest BCUT2D eigenvalue weighted by Gasteiger charge is -2.40. The monoisotopic (exact) mass is 466 g/mol. The van der Waals surface area contributed by atoms with Crippen LogP contribution in [0, 0.1) is 0 Å². The fourth-order valence-electron chi connectivity index (χ4n) is 4.25. The van der Waals surface area contributed by atoms with Crippen LogP contribution in [0.1, 0.15) is 54.6 Å². The molecule has 1 aliphatic heterocycles. The Labute approximate surface area is 191 Å². The van der Waals surface area contributed by atoms with Gasteiger partial charge in [0, 0.05) is 31.1 Å². The second-order valence-corrected chi connectivity index (χ2v) is 8.92. The third kappa shape index (κ3) is 6.40. The highest BCUT2D eigenvalue weighted by atomic mass is 19.4. The number of piperidine rings is 1. The lowest BCUT2D eigenvalue weighted by atomic mass is 9.83. The van der Waals surface area contributed by atoms with E-state index >= 15 is 4.39 Å². The number of rotatable bonds is 8. The number of benzene rings is 2. The van der Waals surface area contributed by atoms with Gasteiger partial charge in [-0.3, -0.25) is 9.69 Å². The van der Waals surface area contributed by atoms with Crippen LogP contribution in [0.3, 0.4) is 0 Å². The number of hydrogen-bond donors (Lipinski definition) is 2. The number of carbonyl (C=O) groups is 1. The summed E-state index contributed by atoms with van der Waals surface area (Å²) in [7, 11) is 0. The van der Waals surface area contributed by atoms with Crippen LogP contribution in [-0.4, -0.2) is 47.3 Å². The average molecular weight is 467 g/mol. The Balaban J connectivity index is 1.66. The molecule has 1 fully saturated rings. The summed E-state index contributed by atoms with van der Waals surface area (Å²) in [4.78, 5) is 14.5. The number of halogens is 4. The van der Waals surface area contributed by atoms with Crippen LogP contribution in [-0.2, 0) is 11.8 Å². The van der Waals surface area contributed by atoms with Crippen molar-refractivity contribution >= 4 is 5.78 Å². The van der Waals surface area contributed by atoms with Gasteiger partial charge in [-0.2, -0.15) is 13.2 Å². The molecule has 0 bridgehead atoms. The molecule has 0 aliphatic carbocycles. The molecule has 8 heteroatoms. The van der Waals surface area contributed by atoms with Crippen molar-refractivity contribution in [1.29, 1.82) is 0 Å². The molecule has 0 saturated carbocycles. The normalized spacial score (nSPS) is 18.8. The van der Waals surface area contributed by atoms with E-state index in [1.807, 2.05) is 13.8 Å². The van der Waals surface area contributed by atoms with E-state index in [4.69, 9.17) is 0 Å². The number of carbonyl (C=O) groups excluding carboxylic acids is 1. The number of aliphatic hydroxyl groups is 1. The molecule has 0 amide bonds. The standard InChI is InChI=1S/C25H30F4N2O2/c1-17(2)30-21(23(32)18-7-4-3-5-8-18)16-22(26)31-13-11-24(33,12-14-31)19-9-6-10-20(15-19)25(27,28)29/h3-10,15,17,21-22,30,33H,11-14,16H2,1-2H3. The minimum atomic E-state index is -4.50. The van der Waals surface area contributed by atoms with Crippen molar-refractivity contribution in [1.82, 2.24) is 10.2 Å². The van der Waals surface area contributed by atoms with E-state index in [0.717, 1.165) is 12.1 Å². The molecule has 3 rings (SSSR count). The zero-order valence-electron chi connectivity index (χ0n) is 18.8. The topological polar surface area (TPSA) is 52.6 Å². The molecule has 0 spiro atoms. The van der Waals surface area contributed by atoms with Crippen LogP contribution in [0.2, 0.25) is 0 Å². The third-order valence-corrected chi connectivity index (χ3v) is 6.09. The second kappa shape index (κ2) is 10.3. The maximum Gasteiger partial charge on any atom is 0.416 e. The second-order valence-electron chi connectivity index (χ2n) is 8.92. The lowest BCUT2D eigenvalue weighted by Crippen LogP contribution is -2.49. The van der Waals surface area contributed by atoms with Gasteiger partial charge in [-0.15, -0.1) is 0 Å². The van der Waals surface area contributed by atoms with Gasteiger partial charge in [0.05, 0.1) is 17.2 Å². The fourth-order valence-corrected chi connectivity index (χ4v) is 4.25. The Morgan fingerprint density at radius 1 is 1.09 bits per heavy atom. The Morgan fingerprint density at radius 3 is 2.30 bits per heavy atom. The Kier molecular flexibility index (Phi) is 7.92. The van der Waals surface area contributed by atoms with Gasteiger partial charge in [-0.25, -0.2) is 4.39 Å². The average Bonchev–Trinajstić information content (AvgIpc) is 2.78. The minimum absolute atomic E-state index is 0.0257. The number of Topliss-reactive ketones (excluding diaryl/α,β-unsaturated/α-hetero) is 1. The summed E-state index contributed by atoms with van der Waals surface area (Å²) in [5.74, 6) is -0.190. The molecule has 2 aromatic rings. The molecule has 2 unspecified atom stereocenters. The van der Waals surface area contributed by atoms with Gasteiger partial charge in [-0.1, -0.05) is 56.3 Å². The van der Waals surface area contributed by atoms with E-state index in [1.165, 1.54) is 17.0 Å². The van der Waals surface area contributed by atoms with E-state index in [1.54, 1.807) is 30.3 Å². The van der Waals surface area contributed by atoms with Gasteiger partial charge in [0.1, 0.15) is 0 Å². The Morgan fingerprint density at radius 2 is 1.73 bits per heavy atom. The zero-order chi connectivity index (χ0) is 24.2. The highest BCUT2D eigenvalue weighted by Crippen LogP contribution is 2.37. The lowest BCUT2D eigenvalue weighted by molar-refractivity contribution is -0.137. The van der Waals surface area contributed by atoms with E-state index in [2.05, 4.69) is 5.32 Å². The van der Waals surface area contributed by atoms with E-state index in [0.29, 0.717) is 5.56 Å². The molecule has 2 atom stereocenters. The zero-order valence-corrected chi connectivity index (χ0v) is 18.8. The third-order valence-electron chi connectivity index (χ3n) is 6.09. The smallest absolute Gasteiger partial charge is 0.385 e. The SMILES string of the molecule is CC(C)NC(CC(F)N1CCC(O)(c2cccc(C(F)(F)F)c2)CC1)C(=O)c1ccccc1. The molecule has 33 heavy (non-hydrogen) atoms. The Bertz CT molecular complexity index is 926. The number of hydrogen-bond acceptors (Lipinski definition) is 4. The van der Waals surface area contributed by atoms with Crippen molar-refractivity contribution in [2.75, 3.05) is 13.1 Å². The van der Waals surface area contributed by atoms with Crippen LogP contribution in [0.4, 0.5) is 17.6 Å². The summed E-state index contributed by atoms with van der Waals surface area (Å²) < 4.78 is 54.4. The maximum atomic E-state index is 15.2. The molecule has 1 saturated heterocycles. The molecule has 0 radical (unpaired) electrons. The highest BCUT2D eigenvalue weighted by molar-refractivity contribution is 6.00. The van der Waals surface area contributed by atoms with Crippen molar-refractivity contribution < 1.29 is 27.5 Å². The number of ketones is 1. The number of likely N-dealkylation sites (tertiary alicyclic amines) is 1. The first-order chi connectivity index (χ1) is 15.5. The predicted octanol–water partition coefficient (Wildman–Crippen LogP) is 4.92.